The Balaban J connectivity index is 3.56. The van der Waals surface area contributed by atoms with E-state index >= 15 is 0 Å². The van der Waals surface area contributed by atoms with Crippen molar-refractivity contribution in [3.63, 3.8) is 0 Å². The number of unbranched alkanes of at least 4 members (excludes halogenated alkanes) is 1. The molecule has 0 saturated heterocycles. The number of carboxylic acid groups (broad SMARTS) is 1. The topological polar surface area (TPSA) is 87.0 Å². The lowest BCUT2D eigenvalue weighted by Gasteiger charge is -2.08. The van der Waals surface area contributed by atoms with E-state index in [1.807, 2.05) is 0 Å². The summed E-state index contributed by atoms with van der Waals surface area (Å²) in [6.07, 6.45) is 2.08. The zero-order valence-corrected chi connectivity index (χ0v) is 7.48. The van der Waals surface area contributed by atoms with Crippen molar-refractivity contribution >= 4 is 5.97 Å². The van der Waals surface area contributed by atoms with Crippen molar-refractivity contribution in [2.24, 2.45) is 11.1 Å². The molecule has 0 aromatic carbocycles. The normalized spacial score (nSPS) is 12.4. The Labute approximate surface area is 76.7 Å². The number of hydrogen-bond donors (Lipinski definition) is 2. The fourth-order valence-corrected chi connectivity index (χ4v) is 1.11. The molecule has 13 heavy (non-hydrogen) atoms. The van der Waals surface area contributed by atoms with Crippen LogP contribution >= 0.6 is 0 Å². The van der Waals surface area contributed by atoms with Gasteiger partial charge in [0.25, 0.3) is 0 Å². The highest BCUT2D eigenvalue weighted by molar-refractivity contribution is 5.69. The van der Waals surface area contributed by atoms with E-state index in [0.29, 0.717) is 19.3 Å². The summed E-state index contributed by atoms with van der Waals surface area (Å²) < 4.78 is 0. The first-order chi connectivity index (χ1) is 6.22. The van der Waals surface area contributed by atoms with Gasteiger partial charge in [0.2, 0.25) is 0 Å². The zero-order valence-electron chi connectivity index (χ0n) is 7.48. The van der Waals surface area contributed by atoms with Gasteiger partial charge in [-0.15, -0.1) is 0 Å². The molecule has 76 valence electrons. The summed E-state index contributed by atoms with van der Waals surface area (Å²) in [5, 5.41) is 19.9. The molecule has 0 bridgehead atoms. The van der Waals surface area contributed by atoms with Crippen molar-refractivity contribution in [2.45, 2.75) is 25.7 Å². The fourth-order valence-electron chi connectivity index (χ4n) is 1.11. The maximum absolute atomic E-state index is 10.6. The lowest BCUT2D eigenvalue weighted by Crippen LogP contribution is -2.15. The number of aliphatic carboxylic acids is 1. The van der Waals surface area contributed by atoms with Crippen molar-refractivity contribution < 1.29 is 15.0 Å². The third kappa shape index (κ3) is 6.21. The molecular formula is C8H15NO4. The summed E-state index contributed by atoms with van der Waals surface area (Å²) in [7, 11) is 0. The molecule has 5 heteroatoms. The minimum absolute atomic E-state index is 0.108. The van der Waals surface area contributed by atoms with Gasteiger partial charge in [-0.3, -0.25) is 4.79 Å². The average Bonchev–Trinajstić information content (AvgIpc) is 2.10. The van der Waals surface area contributed by atoms with Gasteiger partial charge in [0.05, 0.1) is 12.5 Å². The summed E-state index contributed by atoms with van der Waals surface area (Å²) in [6, 6.07) is 0. The smallest absolute Gasteiger partial charge is 0.306 e. The van der Waals surface area contributed by atoms with Crippen molar-refractivity contribution in [1.82, 2.24) is 0 Å². The van der Waals surface area contributed by atoms with Crippen LogP contribution in [-0.2, 0) is 4.79 Å². The molecule has 5 nitrogen and oxygen atoms in total. The van der Waals surface area contributed by atoms with E-state index in [2.05, 4.69) is 5.18 Å². The number of aliphatic hydroxyl groups is 1. The van der Waals surface area contributed by atoms with E-state index in [0.717, 1.165) is 0 Å². The number of carboxylic acids is 1. The summed E-state index contributed by atoms with van der Waals surface area (Å²) in [4.78, 5) is 20.3. The third-order valence-corrected chi connectivity index (χ3v) is 1.88. The van der Waals surface area contributed by atoms with Crippen LogP contribution in [-0.4, -0.2) is 29.3 Å². The predicted molar refractivity (Wildman–Crippen MR) is 47.3 cm³/mol. The molecule has 0 aliphatic carbocycles. The van der Waals surface area contributed by atoms with Crippen LogP contribution in [0.4, 0.5) is 0 Å². The second-order valence-electron chi connectivity index (χ2n) is 2.90. The molecule has 0 aliphatic rings. The van der Waals surface area contributed by atoms with Gasteiger partial charge < -0.3 is 10.2 Å². The van der Waals surface area contributed by atoms with E-state index in [1.54, 1.807) is 0 Å². The Morgan fingerprint density at radius 3 is 2.46 bits per heavy atom. The minimum Gasteiger partial charge on any atom is -0.481 e. The molecule has 2 N–H and O–H groups in total. The monoisotopic (exact) mass is 189 g/mol. The second-order valence-corrected chi connectivity index (χ2v) is 2.90. The van der Waals surface area contributed by atoms with Gasteiger partial charge in [0, 0.05) is 6.61 Å². The molecule has 1 atom stereocenters. The van der Waals surface area contributed by atoms with Crippen LogP contribution in [0.3, 0.4) is 0 Å². The van der Waals surface area contributed by atoms with Gasteiger partial charge in [-0.05, 0) is 19.3 Å². The number of nitrogens with zero attached hydrogens (tertiary/aromatic N) is 1. The fraction of sp³-hybridized carbons (Fsp3) is 0.875. The summed E-state index contributed by atoms with van der Waals surface area (Å²) >= 11 is 0. The number of hydrogen-bond acceptors (Lipinski definition) is 4. The van der Waals surface area contributed by atoms with Crippen LogP contribution in [0.5, 0.6) is 0 Å². The number of aliphatic hydroxyl groups excluding tert-OH is 1. The van der Waals surface area contributed by atoms with Crippen LogP contribution in [0, 0.1) is 10.8 Å². The summed E-state index contributed by atoms with van der Waals surface area (Å²) in [5.41, 5.74) is 0. The minimum atomic E-state index is -0.881. The lowest BCUT2D eigenvalue weighted by atomic mass is 9.99. The molecule has 0 aromatic heterocycles. The van der Waals surface area contributed by atoms with E-state index in [-0.39, 0.29) is 19.6 Å². The quantitative estimate of drug-likeness (QED) is 0.440. The molecule has 1 unspecified atom stereocenters. The average molecular weight is 189 g/mol. The third-order valence-electron chi connectivity index (χ3n) is 1.88. The SMILES string of the molecule is O=NCCCCC(CCO)C(=O)O. The molecule has 0 amide bonds. The van der Waals surface area contributed by atoms with Crippen molar-refractivity contribution in [2.75, 3.05) is 13.2 Å². The number of nitroso groups, excluding NO2 is 1. The summed E-state index contributed by atoms with van der Waals surface area (Å²) in [6.45, 7) is 0.133. The predicted octanol–water partition coefficient (Wildman–Crippen LogP) is 1.01. The maximum atomic E-state index is 10.6. The summed E-state index contributed by atoms with van der Waals surface area (Å²) in [5.74, 6) is -1.37. The molecule has 0 aliphatic heterocycles. The van der Waals surface area contributed by atoms with E-state index in [9.17, 15) is 9.70 Å². The standard InChI is InChI=1S/C8H15NO4/c10-6-4-7(8(11)12)3-1-2-5-9-13/h7,10H,1-6H2,(H,11,12). The highest BCUT2D eigenvalue weighted by Gasteiger charge is 2.15. The molecular weight excluding hydrogens is 174 g/mol. The van der Waals surface area contributed by atoms with Gasteiger partial charge in [0.1, 0.15) is 0 Å². The first-order valence-corrected chi connectivity index (χ1v) is 4.35. The van der Waals surface area contributed by atoms with Crippen molar-refractivity contribution in [3.8, 4) is 0 Å². The molecule has 0 fully saturated rings. The molecule has 0 heterocycles. The molecule has 0 saturated carbocycles. The van der Waals surface area contributed by atoms with Gasteiger partial charge >= 0.3 is 5.97 Å². The molecule has 0 rings (SSSR count). The van der Waals surface area contributed by atoms with Crippen LogP contribution < -0.4 is 0 Å². The van der Waals surface area contributed by atoms with Gasteiger partial charge in [0.15, 0.2) is 0 Å². The first-order valence-electron chi connectivity index (χ1n) is 4.35. The molecule has 0 aromatic rings. The zero-order chi connectivity index (χ0) is 10.1. The highest BCUT2D eigenvalue weighted by Crippen LogP contribution is 2.12. The van der Waals surface area contributed by atoms with E-state index < -0.39 is 11.9 Å². The molecule has 0 radical (unpaired) electrons. The van der Waals surface area contributed by atoms with Crippen LogP contribution in [0.2, 0.25) is 0 Å². The first kappa shape index (κ1) is 12.0. The lowest BCUT2D eigenvalue weighted by molar-refractivity contribution is -0.142. The van der Waals surface area contributed by atoms with Crippen LogP contribution in [0.25, 0.3) is 0 Å². The largest absolute Gasteiger partial charge is 0.481 e. The Hall–Kier alpha value is -0.970. The van der Waals surface area contributed by atoms with Crippen LogP contribution in [0.15, 0.2) is 5.18 Å². The highest BCUT2D eigenvalue weighted by atomic mass is 16.4. The maximum Gasteiger partial charge on any atom is 0.306 e. The second kappa shape index (κ2) is 7.67. The van der Waals surface area contributed by atoms with Gasteiger partial charge in [-0.25, -0.2) is 0 Å². The number of carbonyl (C=O) groups is 1. The Bertz CT molecular complexity index is 160. The van der Waals surface area contributed by atoms with Gasteiger partial charge in [-0.2, -0.15) is 4.91 Å². The Kier molecular flexibility index (Phi) is 7.10. The van der Waals surface area contributed by atoms with Crippen LogP contribution in [0.1, 0.15) is 25.7 Å². The molecule has 0 spiro atoms. The Morgan fingerprint density at radius 1 is 1.31 bits per heavy atom. The Morgan fingerprint density at radius 2 is 2.00 bits per heavy atom. The number of rotatable bonds is 8. The van der Waals surface area contributed by atoms with E-state index in [1.165, 1.54) is 0 Å². The van der Waals surface area contributed by atoms with Gasteiger partial charge in [-0.1, -0.05) is 11.6 Å². The van der Waals surface area contributed by atoms with Crippen molar-refractivity contribution in [3.05, 3.63) is 4.91 Å². The van der Waals surface area contributed by atoms with E-state index in [4.69, 9.17) is 10.2 Å². The van der Waals surface area contributed by atoms with Crippen molar-refractivity contribution in [1.29, 1.82) is 0 Å².